The Labute approximate surface area is 293 Å². The standard InChI is InChI=1S/2C16H16N4O2.2ClH.3H2O/c2*1-3-22-14-8-12-13(6-7-17-16(12)19-10(14)2)20-11-4-5-15(21)18-9-11;;;;;/h2*4-9H,3H2,1-2H3,(H,18,21)(H,17,19,20);2*1H;3*1H2. The van der Waals surface area contributed by atoms with Gasteiger partial charge in [0.05, 0.1) is 47.4 Å². The molecular weight excluding hydrogens is 679 g/mol. The summed E-state index contributed by atoms with van der Waals surface area (Å²) in [5.41, 5.74) is 5.91. The zero-order valence-corrected chi connectivity index (χ0v) is 28.7. The highest BCUT2D eigenvalue weighted by Gasteiger charge is 2.10. The van der Waals surface area contributed by atoms with E-state index in [0.29, 0.717) is 24.5 Å². The molecule has 0 aliphatic rings. The van der Waals surface area contributed by atoms with Crippen molar-refractivity contribution >= 4 is 69.6 Å². The number of hydrogen-bond donors (Lipinski definition) is 4. The summed E-state index contributed by atoms with van der Waals surface area (Å²) in [6, 6.07) is 14.0. The molecule has 0 bridgehead atoms. The van der Waals surface area contributed by atoms with Crippen LogP contribution in [-0.2, 0) is 0 Å². The smallest absolute Gasteiger partial charge is 0.248 e. The largest absolute Gasteiger partial charge is 0.492 e. The minimum absolute atomic E-state index is 0. The van der Waals surface area contributed by atoms with Crippen molar-refractivity contribution in [2.24, 2.45) is 0 Å². The van der Waals surface area contributed by atoms with Crippen LogP contribution >= 0.6 is 24.8 Å². The lowest BCUT2D eigenvalue weighted by molar-refractivity contribution is 0.336. The summed E-state index contributed by atoms with van der Waals surface area (Å²) in [5, 5.41) is 8.24. The Morgan fingerprint density at radius 2 is 1.02 bits per heavy atom. The summed E-state index contributed by atoms with van der Waals surface area (Å²) in [7, 11) is 0. The normalized spacial score (nSPS) is 9.55. The number of rotatable bonds is 8. The van der Waals surface area contributed by atoms with Gasteiger partial charge in [-0.2, -0.15) is 0 Å². The quantitative estimate of drug-likeness (QED) is 0.176. The molecule has 0 amide bonds. The van der Waals surface area contributed by atoms with E-state index < -0.39 is 0 Å². The molecular formula is C32H40Cl2N8O7. The predicted molar refractivity (Wildman–Crippen MR) is 197 cm³/mol. The molecule has 0 atom stereocenters. The van der Waals surface area contributed by atoms with Gasteiger partial charge in [0.1, 0.15) is 11.5 Å². The average Bonchev–Trinajstić information content (AvgIpc) is 3.01. The molecule has 6 aromatic rings. The Morgan fingerprint density at radius 1 is 0.633 bits per heavy atom. The lowest BCUT2D eigenvalue weighted by Crippen LogP contribution is -2.03. The third-order valence-electron chi connectivity index (χ3n) is 6.48. The van der Waals surface area contributed by atoms with E-state index in [0.717, 1.165) is 56.4 Å². The molecule has 17 heteroatoms. The van der Waals surface area contributed by atoms with Gasteiger partial charge < -0.3 is 46.5 Å². The van der Waals surface area contributed by atoms with E-state index >= 15 is 0 Å². The molecule has 6 aromatic heterocycles. The fourth-order valence-corrected chi connectivity index (χ4v) is 4.39. The van der Waals surface area contributed by atoms with Crippen LogP contribution in [-0.4, -0.2) is 59.5 Å². The molecule has 0 unspecified atom stereocenters. The maximum Gasteiger partial charge on any atom is 0.248 e. The number of nitrogens with one attached hydrogen (secondary N) is 4. The maximum atomic E-state index is 11.1. The summed E-state index contributed by atoms with van der Waals surface area (Å²) in [5.74, 6) is 1.49. The van der Waals surface area contributed by atoms with Gasteiger partial charge in [0, 0.05) is 47.7 Å². The highest BCUT2D eigenvalue weighted by atomic mass is 35.5. The van der Waals surface area contributed by atoms with Crippen LogP contribution in [0.15, 0.2) is 82.9 Å². The van der Waals surface area contributed by atoms with Crippen molar-refractivity contribution in [1.29, 1.82) is 0 Å². The highest BCUT2D eigenvalue weighted by molar-refractivity contribution is 5.92. The molecule has 0 aromatic carbocycles. The predicted octanol–water partition coefficient (Wildman–Crippen LogP) is 3.91. The number of ether oxygens (including phenoxy) is 2. The van der Waals surface area contributed by atoms with Gasteiger partial charge in [0.15, 0.2) is 11.3 Å². The first kappa shape index (κ1) is 43.7. The third-order valence-corrected chi connectivity index (χ3v) is 6.48. The molecule has 15 nitrogen and oxygen atoms in total. The van der Waals surface area contributed by atoms with Crippen LogP contribution in [0, 0.1) is 13.8 Å². The zero-order valence-electron chi connectivity index (χ0n) is 27.1. The third kappa shape index (κ3) is 10.9. The van der Waals surface area contributed by atoms with Crippen molar-refractivity contribution in [3.63, 3.8) is 0 Å². The van der Waals surface area contributed by atoms with Crippen LogP contribution in [0.1, 0.15) is 25.2 Å². The van der Waals surface area contributed by atoms with E-state index in [2.05, 4.69) is 40.5 Å². The molecule has 0 spiro atoms. The van der Waals surface area contributed by atoms with Crippen LogP contribution in [0.3, 0.4) is 0 Å². The monoisotopic (exact) mass is 718 g/mol. The SMILES string of the molecule is CCOc1cc2c(Nc3ccc(=O)[nH]c3)ccnc2nc1C.CCOc1cc2c(Nc3ccc(=O)[nH]c3)ccnc2nc1C.Cl.Cl.O.O.O. The molecule has 0 radical (unpaired) electrons. The molecule has 264 valence electrons. The minimum atomic E-state index is -0.138. The minimum Gasteiger partial charge on any atom is -0.492 e. The maximum absolute atomic E-state index is 11.1. The lowest BCUT2D eigenvalue weighted by Gasteiger charge is -2.12. The van der Waals surface area contributed by atoms with Crippen LogP contribution in [0.5, 0.6) is 11.5 Å². The topological polar surface area (TPSA) is 254 Å². The van der Waals surface area contributed by atoms with E-state index in [9.17, 15) is 9.59 Å². The van der Waals surface area contributed by atoms with Crippen molar-refractivity contribution in [3.05, 3.63) is 105 Å². The van der Waals surface area contributed by atoms with Gasteiger partial charge in [-0.25, -0.2) is 19.9 Å². The zero-order chi connectivity index (χ0) is 31.1. The molecule has 49 heavy (non-hydrogen) atoms. The number of halogens is 2. The van der Waals surface area contributed by atoms with E-state index in [1.165, 1.54) is 12.1 Å². The second-order valence-electron chi connectivity index (χ2n) is 9.60. The molecule has 0 fully saturated rings. The van der Waals surface area contributed by atoms with Crippen LogP contribution < -0.4 is 31.2 Å². The van der Waals surface area contributed by atoms with Gasteiger partial charge in [0.25, 0.3) is 0 Å². The van der Waals surface area contributed by atoms with Crippen LogP contribution in [0.4, 0.5) is 22.7 Å². The van der Waals surface area contributed by atoms with Gasteiger partial charge in [-0.05, 0) is 64.1 Å². The Kier molecular flexibility index (Phi) is 18.0. The van der Waals surface area contributed by atoms with Crippen LogP contribution in [0.25, 0.3) is 22.1 Å². The second-order valence-corrected chi connectivity index (χ2v) is 9.60. The van der Waals surface area contributed by atoms with E-state index in [4.69, 9.17) is 9.47 Å². The average molecular weight is 720 g/mol. The first-order valence-corrected chi connectivity index (χ1v) is 14.0. The summed E-state index contributed by atoms with van der Waals surface area (Å²) in [6.45, 7) is 8.83. The molecule has 6 rings (SSSR count). The Hall–Kier alpha value is -5.32. The number of pyridine rings is 6. The number of aromatic nitrogens is 6. The molecule has 0 aliphatic carbocycles. The summed E-state index contributed by atoms with van der Waals surface area (Å²) >= 11 is 0. The van der Waals surface area contributed by atoms with Crippen molar-refractivity contribution in [2.75, 3.05) is 23.8 Å². The van der Waals surface area contributed by atoms with Gasteiger partial charge in [-0.1, -0.05) is 0 Å². The number of anilines is 4. The van der Waals surface area contributed by atoms with Gasteiger partial charge in [0.2, 0.25) is 11.1 Å². The highest BCUT2D eigenvalue weighted by Crippen LogP contribution is 2.30. The first-order chi connectivity index (χ1) is 21.3. The number of hydrogen-bond acceptors (Lipinski definition) is 10. The van der Waals surface area contributed by atoms with Crippen molar-refractivity contribution < 1.29 is 25.9 Å². The number of aryl methyl sites for hydroxylation is 2. The van der Waals surface area contributed by atoms with Crippen molar-refractivity contribution in [2.45, 2.75) is 27.7 Å². The van der Waals surface area contributed by atoms with Gasteiger partial charge in [-0.15, -0.1) is 24.8 Å². The Balaban J connectivity index is 0.000000853. The van der Waals surface area contributed by atoms with E-state index in [1.54, 1.807) is 36.9 Å². The van der Waals surface area contributed by atoms with E-state index in [-0.39, 0.29) is 52.4 Å². The van der Waals surface area contributed by atoms with Gasteiger partial charge >= 0.3 is 0 Å². The van der Waals surface area contributed by atoms with Crippen molar-refractivity contribution in [1.82, 2.24) is 29.9 Å². The Bertz CT molecular complexity index is 1870. The second kappa shape index (κ2) is 20.1. The van der Waals surface area contributed by atoms with Crippen molar-refractivity contribution in [3.8, 4) is 11.5 Å². The van der Waals surface area contributed by atoms with E-state index in [1.807, 2.05) is 52.0 Å². The fraction of sp³-hybridized carbons (Fsp3) is 0.188. The molecule has 0 saturated heterocycles. The fourth-order valence-electron chi connectivity index (χ4n) is 4.39. The summed E-state index contributed by atoms with van der Waals surface area (Å²) < 4.78 is 11.2. The molecule has 10 N–H and O–H groups in total. The number of nitrogens with zero attached hydrogens (tertiary/aromatic N) is 4. The molecule has 0 saturated carbocycles. The number of fused-ring (bicyclic) bond motifs is 2. The number of aromatic amines is 2. The Morgan fingerprint density at radius 3 is 1.35 bits per heavy atom. The number of H-pyrrole nitrogens is 2. The molecule has 0 aliphatic heterocycles. The summed E-state index contributed by atoms with van der Waals surface area (Å²) in [4.78, 5) is 45.1. The lowest BCUT2D eigenvalue weighted by atomic mass is 10.2. The first-order valence-electron chi connectivity index (χ1n) is 14.0. The van der Waals surface area contributed by atoms with Crippen LogP contribution in [0.2, 0.25) is 0 Å². The molecule has 6 heterocycles. The van der Waals surface area contributed by atoms with Gasteiger partial charge in [-0.3, -0.25) is 9.59 Å². The summed E-state index contributed by atoms with van der Waals surface area (Å²) in [6.07, 6.45) is 6.64.